The van der Waals surface area contributed by atoms with Gasteiger partial charge in [0.2, 0.25) is 15.9 Å². The molecule has 0 atom stereocenters. The summed E-state index contributed by atoms with van der Waals surface area (Å²) in [5.41, 5.74) is 24.9. The van der Waals surface area contributed by atoms with E-state index in [1.807, 2.05) is 76.2 Å². The lowest BCUT2D eigenvalue weighted by Crippen LogP contribution is -2.48. The van der Waals surface area contributed by atoms with Gasteiger partial charge in [0.15, 0.2) is 16.9 Å². The van der Waals surface area contributed by atoms with Crippen LogP contribution in [0.1, 0.15) is 24.2 Å². The zero-order chi connectivity index (χ0) is 66.4. The zero-order valence-electron chi connectivity index (χ0n) is 54.0. The van der Waals surface area contributed by atoms with Crippen LogP contribution in [0.3, 0.4) is 0 Å². The number of imidazole rings is 3. The first-order valence-corrected chi connectivity index (χ1v) is 34.1. The third-order valence-electron chi connectivity index (χ3n) is 18.0. The van der Waals surface area contributed by atoms with Crippen molar-refractivity contribution >= 4 is 95.0 Å². The number of benzene rings is 6. The molecule has 10 heterocycles. The Labute approximate surface area is 562 Å². The number of nitrogens with two attached hydrogens (primary N) is 2. The first kappa shape index (κ1) is 63.4. The number of hydrogen-bond donors (Lipinski definition) is 6. The van der Waals surface area contributed by atoms with Crippen molar-refractivity contribution < 1.29 is 22.7 Å². The fraction of sp³-hybridized carbons (Fsp3) is 0.200. The molecule has 492 valence electrons. The number of nitrogens with zero attached hydrogens (tertiary/aromatic N) is 10. The fourth-order valence-electron chi connectivity index (χ4n) is 12.8. The summed E-state index contributed by atoms with van der Waals surface area (Å²) in [4.78, 5) is 38.2. The number of aromatic nitrogens is 7. The number of aromatic amines is 1. The van der Waals surface area contributed by atoms with Gasteiger partial charge in [-0.2, -0.15) is 0 Å². The van der Waals surface area contributed by atoms with Gasteiger partial charge in [0.1, 0.15) is 0 Å². The smallest absolute Gasteiger partial charge is 0.248 e. The van der Waals surface area contributed by atoms with Crippen LogP contribution in [0.4, 0.5) is 51.2 Å². The molecule has 3 aliphatic heterocycles. The summed E-state index contributed by atoms with van der Waals surface area (Å²) in [6.07, 6.45) is 13.2. The van der Waals surface area contributed by atoms with Crippen LogP contribution >= 0.6 is 0 Å². The number of pyridine rings is 3. The Morgan fingerprint density at radius 1 is 0.485 bits per heavy atom. The number of primary amides is 1. The molecule has 3 saturated heterocycles. The zero-order valence-corrected chi connectivity index (χ0v) is 54.8. The molecule has 21 nitrogen and oxygen atoms in total. The van der Waals surface area contributed by atoms with Crippen LogP contribution in [0.5, 0.6) is 0 Å². The minimum Gasteiger partial charge on any atom is -0.378 e. The second-order valence-electron chi connectivity index (χ2n) is 24.4. The molecule has 3 aliphatic rings. The largest absolute Gasteiger partial charge is 0.378 e. The highest BCUT2D eigenvalue weighted by molar-refractivity contribution is 7.89. The summed E-state index contributed by atoms with van der Waals surface area (Å²) in [7, 11) is -3.73. The van der Waals surface area contributed by atoms with Gasteiger partial charge in [-0.1, -0.05) is 30.3 Å². The Balaban J connectivity index is 0.000000125. The van der Waals surface area contributed by atoms with Crippen molar-refractivity contribution in [3.05, 3.63) is 231 Å². The third-order valence-corrected chi connectivity index (χ3v) is 18.9. The van der Waals surface area contributed by atoms with Crippen LogP contribution in [-0.2, 0) is 19.5 Å². The van der Waals surface area contributed by atoms with E-state index in [2.05, 4.69) is 183 Å². The third kappa shape index (κ3) is 14.2. The number of amides is 1. The van der Waals surface area contributed by atoms with E-state index < -0.39 is 15.9 Å². The van der Waals surface area contributed by atoms with Gasteiger partial charge in [0, 0.05) is 152 Å². The quantitative estimate of drug-likeness (QED) is 0.0560. The molecule has 16 rings (SSSR count). The maximum absolute atomic E-state index is 11.6. The number of hydrogen-bond acceptors (Lipinski definition) is 15. The molecule has 97 heavy (non-hydrogen) atoms. The van der Waals surface area contributed by atoms with Gasteiger partial charge in [-0.25, -0.2) is 28.5 Å². The molecule has 3 fully saturated rings. The highest BCUT2D eigenvalue weighted by Gasteiger charge is 2.21. The fourth-order valence-corrected chi connectivity index (χ4v) is 13.3. The van der Waals surface area contributed by atoms with Crippen LogP contribution in [0.2, 0.25) is 0 Å². The van der Waals surface area contributed by atoms with Gasteiger partial charge < -0.3 is 50.8 Å². The number of primary sulfonamides is 1. The summed E-state index contributed by atoms with van der Waals surface area (Å²) in [5.74, 6) is -0.442. The van der Waals surface area contributed by atoms with Crippen molar-refractivity contribution in [3.8, 4) is 33.8 Å². The highest BCUT2D eigenvalue weighted by Crippen LogP contribution is 2.34. The highest BCUT2D eigenvalue weighted by atomic mass is 32.2. The van der Waals surface area contributed by atoms with Gasteiger partial charge in [-0.05, 0) is 182 Å². The van der Waals surface area contributed by atoms with Crippen molar-refractivity contribution in [1.29, 1.82) is 0 Å². The van der Waals surface area contributed by atoms with Crippen LogP contribution < -0.4 is 41.5 Å². The second-order valence-corrected chi connectivity index (χ2v) is 25.9. The topological polar surface area (TPSA) is 238 Å². The van der Waals surface area contributed by atoms with Crippen molar-refractivity contribution in [2.45, 2.75) is 24.8 Å². The van der Waals surface area contributed by atoms with Gasteiger partial charge >= 0.3 is 0 Å². The van der Waals surface area contributed by atoms with Crippen molar-refractivity contribution in [3.63, 3.8) is 0 Å². The summed E-state index contributed by atoms with van der Waals surface area (Å²) in [5, 5.41) is 16.9. The predicted molar refractivity (Wildman–Crippen MR) is 388 cm³/mol. The predicted octanol–water partition coefficient (Wildman–Crippen LogP) is 12.7. The summed E-state index contributed by atoms with van der Waals surface area (Å²) in [6, 6.07) is 60.8. The first-order valence-electron chi connectivity index (χ1n) is 32.6. The Hall–Kier alpha value is -11.0. The number of morpholine rings is 2. The molecule has 7 aromatic heterocycles. The Bertz CT molecular complexity index is 4990. The number of H-pyrrole nitrogens is 1. The number of sulfonamides is 1. The number of rotatable bonds is 15. The Morgan fingerprint density at radius 3 is 1.34 bits per heavy atom. The van der Waals surface area contributed by atoms with Gasteiger partial charge in [0.25, 0.3) is 0 Å². The molecule has 22 heteroatoms. The molecule has 0 unspecified atom stereocenters. The summed E-state index contributed by atoms with van der Waals surface area (Å²) < 4.78 is 40.1. The van der Waals surface area contributed by atoms with E-state index in [1.165, 1.54) is 34.6 Å². The van der Waals surface area contributed by atoms with E-state index in [0.717, 1.165) is 169 Å². The Kier molecular flexibility index (Phi) is 18.4. The van der Waals surface area contributed by atoms with Crippen LogP contribution in [0.15, 0.2) is 230 Å². The van der Waals surface area contributed by atoms with E-state index in [0.29, 0.717) is 11.6 Å². The molecule has 0 radical (unpaired) electrons. The van der Waals surface area contributed by atoms with Gasteiger partial charge in [-0.15, -0.1) is 0 Å². The molecule has 0 saturated carbocycles. The summed E-state index contributed by atoms with van der Waals surface area (Å²) >= 11 is 0. The number of anilines is 9. The van der Waals surface area contributed by atoms with Gasteiger partial charge in [0.05, 0.1) is 65.5 Å². The average Bonchev–Trinajstić information content (AvgIpc) is 1.77. The van der Waals surface area contributed by atoms with E-state index in [1.54, 1.807) is 36.7 Å². The van der Waals surface area contributed by atoms with Crippen molar-refractivity contribution in [2.75, 3.05) is 109 Å². The molecule has 0 aliphatic carbocycles. The molecule has 1 amide bonds. The molecule has 8 N–H and O–H groups in total. The minimum absolute atomic E-state index is 0.0895. The molecule has 0 spiro atoms. The van der Waals surface area contributed by atoms with Crippen molar-refractivity contribution in [1.82, 2.24) is 38.0 Å². The molecule has 13 aromatic rings. The Morgan fingerprint density at radius 2 is 0.907 bits per heavy atom. The minimum atomic E-state index is -3.73. The van der Waals surface area contributed by atoms with Crippen molar-refractivity contribution in [2.24, 2.45) is 10.9 Å². The molecular weight excluding hydrogens is 1240 g/mol. The SMILES string of the molecule is CC(C)N1CCN(c2ccc(Nc3ccc(-c4ccc(S(N)(=O)=O)cc4)n4ccnc34)cc2)CC1.NC(=O)c1cccc(-c2ccc(Nc3ccc(N4CCOCC4)cc3)c3nccn23)c1.c1cn2c(-c3ccc4[nH]ccc4c3)ccc(Nc3ccc(N4CCOCC4)cc3)c2n1. The first-order chi connectivity index (χ1) is 47.3. The monoisotopic (exact) mass is 1310 g/mol. The average molecular weight is 1310 g/mol. The maximum atomic E-state index is 11.6. The van der Waals surface area contributed by atoms with Crippen LogP contribution in [-0.4, -0.2) is 137 Å². The number of carbonyl (C=O) groups excluding carboxylic acids is 1. The number of carbonyl (C=O) groups is 1. The lowest BCUT2D eigenvalue weighted by molar-refractivity contribution is 0.1000. The molecular formula is C75H76N16O5S. The number of ether oxygens (including phenoxy) is 2. The molecule has 0 bridgehead atoms. The molecule has 6 aromatic carbocycles. The van der Waals surface area contributed by atoms with Crippen LogP contribution in [0, 0.1) is 0 Å². The lowest BCUT2D eigenvalue weighted by atomic mass is 10.1. The number of fused-ring (bicyclic) bond motifs is 4. The normalized spacial score (nSPS) is 14.5. The lowest BCUT2D eigenvalue weighted by Gasteiger charge is -2.38. The maximum Gasteiger partial charge on any atom is 0.248 e. The van der Waals surface area contributed by atoms with Crippen LogP contribution in [0.25, 0.3) is 61.6 Å². The summed E-state index contributed by atoms with van der Waals surface area (Å²) in [6.45, 7) is 15.6. The van der Waals surface area contributed by atoms with Gasteiger partial charge in [-0.3, -0.25) is 22.9 Å². The van der Waals surface area contributed by atoms with E-state index in [4.69, 9.17) is 20.3 Å². The van der Waals surface area contributed by atoms with E-state index in [9.17, 15) is 13.2 Å². The van der Waals surface area contributed by atoms with E-state index >= 15 is 0 Å². The standard InChI is InChI=1S/C26H30N6O2S.C25H23N5O.C24H23N5O2/c1-19(2)30-15-17-31(18-16-30)22-7-5-21(6-8-22)29-24-11-12-25(32-14-13-28-26(24)32)20-3-9-23(10-4-20)35(27,33)34;1-6-22-18(9-10-26-22)17-19(1)24-8-7-23(25-27-11-12-30(24)25)28-20-2-4-21(5-3-20)29-13-15-31-16-14-29;25-23(30)18-3-1-2-17(16-18)22-9-8-21(24-26-10-11-29(22)24)27-19-4-6-20(7-5-19)28-12-14-31-15-13-28/h3-14,19,29H,15-18H2,1-2H3,(H2,27,33,34);1-12,17,26,28H,13-16H2;1-11,16,27H,12-15H2,(H2,25,30). The second kappa shape index (κ2) is 28.1. The number of piperazine rings is 1. The number of nitrogens with one attached hydrogen (secondary N) is 4. The van der Waals surface area contributed by atoms with E-state index in [-0.39, 0.29) is 4.90 Å².